The first-order valence-corrected chi connectivity index (χ1v) is 6.94. The minimum Gasteiger partial charge on any atom is -0.464 e. The van der Waals surface area contributed by atoms with Crippen LogP contribution in [-0.4, -0.2) is 18.1 Å². The number of halogens is 1. The van der Waals surface area contributed by atoms with Gasteiger partial charge in [-0.2, -0.15) is 0 Å². The van der Waals surface area contributed by atoms with Gasteiger partial charge in [0.1, 0.15) is 5.69 Å². The van der Waals surface area contributed by atoms with Gasteiger partial charge in [0.15, 0.2) is 0 Å². The number of hydrogen-bond donors (Lipinski definition) is 2. The van der Waals surface area contributed by atoms with Crippen molar-refractivity contribution >= 4 is 34.2 Å². The zero-order valence-corrected chi connectivity index (χ0v) is 12.9. The van der Waals surface area contributed by atoms with Gasteiger partial charge in [0.25, 0.3) is 0 Å². The van der Waals surface area contributed by atoms with Crippen LogP contribution in [0.1, 0.15) is 21.7 Å². The molecule has 0 unspecified atom stereocenters. The van der Waals surface area contributed by atoms with Crippen molar-refractivity contribution in [3.63, 3.8) is 0 Å². The average Bonchev–Trinajstić information content (AvgIpc) is 2.85. The van der Waals surface area contributed by atoms with Crippen LogP contribution in [0, 0.1) is 10.5 Å². The molecule has 0 aliphatic heterocycles. The Hall–Kier alpha value is -1.50. The molecular weight excluding hydrogens is 355 g/mol. The predicted octanol–water partition coefficient (Wildman–Crippen LogP) is 3.33. The van der Waals surface area contributed by atoms with Crippen LogP contribution in [0.5, 0.6) is 0 Å². The lowest BCUT2D eigenvalue weighted by Crippen LogP contribution is -2.04. The summed E-state index contributed by atoms with van der Waals surface area (Å²) in [6.07, 6.45) is 0. The molecule has 0 atom stereocenters. The van der Waals surface area contributed by atoms with E-state index in [1.807, 2.05) is 6.07 Å². The molecule has 100 valence electrons. The molecule has 2 rings (SSSR count). The number of benzene rings is 1. The minimum atomic E-state index is -0.350. The number of carbonyl (C=O) groups excluding carboxylic acids is 1. The third-order valence-electron chi connectivity index (χ3n) is 2.81. The first-order valence-electron chi connectivity index (χ1n) is 5.86. The van der Waals surface area contributed by atoms with Gasteiger partial charge in [-0.15, -0.1) is 0 Å². The van der Waals surface area contributed by atoms with Gasteiger partial charge in [-0.3, -0.25) is 0 Å². The second kappa shape index (κ2) is 6.10. The van der Waals surface area contributed by atoms with Crippen LogP contribution >= 0.6 is 22.6 Å². The highest BCUT2D eigenvalue weighted by Crippen LogP contribution is 2.18. The molecule has 0 aliphatic rings. The number of rotatable bonds is 4. The summed E-state index contributed by atoms with van der Waals surface area (Å²) in [7, 11) is 1.37. The van der Waals surface area contributed by atoms with Gasteiger partial charge in [-0.1, -0.05) is 0 Å². The SMILES string of the molecule is COC(=O)c1ccc(CNc2ccc(I)cc2C)[nH]1. The van der Waals surface area contributed by atoms with E-state index in [1.165, 1.54) is 16.2 Å². The van der Waals surface area contributed by atoms with Gasteiger partial charge in [0.2, 0.25) is 0 Å². The van der Waals surface area contributed by atoms with Crippen LogP contribution in [0.2, 0.25) is 0 Å². The minimum absolute atomic E-state index is 0.350. The second-order valence-electron chi connectivity index (χ2n) is 4.20. The molecule has 0 saturated carbocycles. The first kappa shape index (κ1) is 13.9. The normalized spacial score (nSPS) is 10.3. The number of esters is 1. The zero-order valence-electron chi connectivity index (χ0n) is 10.8. The summed E-state index contributed by atoms with van der Waals surface area (Å²) < 4.78 is 5.87. The molecule has 0 amide bonds. The van der Waals surface area contributed by atoms with Crippen LogP contribution < -0.4 is 5.32 Å². The van der Waals surface area contributed by atoms with Crippen LogP contribution in [0.15, 0.2) is 30.3 Å². The quantitative estimate of drug-likeness (QED) is 0.641. The number of carbonyl (C=O) groups is 1. The monoisotopic (exact) mass is 370 g/mol. The van der Waals surface area contributed by atoms with Crippen LogP contribution in [0.4, 0.5) is 5.69 Å². The average molecular weight is 370 g/mol. The van der Waals surface area contributed by atoms with Crippen molar-refractivity contribution in [3.05, 3.63) is 50.9 Å². The Balaban J connectivity index is 2.02. The highest BCUT2D eigenvalue weighted by atomic mass is 127. The summed E-state index contributed by atoms with van der Waals surface area (Å²) in [4.78, 5) is 14.3. The van der Waals surface area contributed by atoms with Crippen LogP contribution in [0.25, 0.3) is 0 Å². The Kier molecular flexibility index (Phi) is 4.47. The van der Waals surface area contributed by atoms with E-state index < -0.39 is 0 Å². The van der Waals surface area contributed by atoms with Crippen molar-refractivity contribution in [2.75, 3.05) is 12.4 Å². The van der Waals surface area contributed by atoms with Crippen molar-refractivity contribution in [1.29, 1.82) is 0 Å². The maximum Gasteiger partial charge on any atom is 0.354 e. The van der Waals surface area contributed by atoms with Crippen molar-refractivity contribution in [3.8, 4) is 0 Å². The summed E-state index contributed by atoms with van der Waals surface area (Å²) in [5.41, 5.74) is 3.71. The summed E-state index contributed by atoms with van der Waals surface area (Å²) in [5, 5.41) is 3.34. The summed E-state index contributed by atoms with van der Waals surface area (Å²) in [6.45, 7) is 2.71. The number of aryl methyl sites for hydroxylation is 1. The molecule has 1 aromatic carbocycles. The topological polar surface area (TPSA) is 54.1 Å². The first-order chi connectivity index (χ1) is 9.10. The lowest BCUT2D eigenvalue weighted by atomic mass is 10.2. The third kappa shape index (κ3) is 3.50. The summed E-state index contributed by atoms with van der Waals surface area (Å²) in [5.74, 6) is -0.350. The standard InChI is InChI=1S/C14H15IN2O2/c1-9-7-10(15)3-5-12(9)16-8-11-4-6-13(17-11)14(18)19-2/h3-7,16-17H,8H2,1-2H3. The fraction of sp³-hybridized carbons (Fsp3) is 0.214. The Morgan fingerprint density at radius 2 is 2.16 bits per heavy atom. The molecule has 2 N–H and O–H groups in total. The van der Waals surface area contributed by atoms with Gasteiger partial charge in [-0.25, -0.2) is 4.79 Å². The van der Waals surface area contributed by atoms with E-state index >= 15 is 0 Å². The van der Waals surface area contributed by atoms with Crippen LogP contribution in [0.3, 0.4) is 0 Å². The van der Waals surface area contributed by atoms with E-state index in [4.69, 9.17) is 0 Å². The van der Waals surface area contributed by atoms with Gasteiger partial charge >= 0.3 is 5.97 Å². The molecule has 1 aromatic heterocycles. The lowest BCUT2D eigenvalue weighted by Gasteiger charge is -2.08. The molecule has 2 aromatic rings. The van der Waals surface area contributed by atoms with Crippen molar-refractivity contribution in [1.82, 2.24) is 4.98 Å². The van der Waals surface area contributed by atoms with Gasteiger partial charge in [0.05, 0.1) is 13.7 Å². The maximum atomic E-state index is 11.3. The smallest absolute Gasteiger partial charge is 0.354 e. The second-order valence-corrected chi connectivity index (χ2v) is 5.45. The third-order valence-corrected chi connectivity index (χ3v) is 3.48. The number of H-pyrrole nitrogens is 1. The molecule has 0 spiro atoms. The zero-order chi connectivity index (χ0) is 13.8. The van der Waals surface area contributed by atoms with E-state index in [-0.39, 0.29) is 5.97 Å². The molecule has 0 aliphatic carbocycles. The Morgan fingerprint density at radius 3 is 2.84 bits per heavy atom. The molecule has 4 nitrogen and oxygen atoms in total. The highest BCUT2D eigenvalue weighted by Gasteiger charge is 2.07. The number of methoxy groups -OCH3 is 1. The molecule has 0 saturated heterocycles. The summed E-state index contributed by atoms with van der Waals surface area (Å²) >= 11 is 2.29. The molecule has 1 heterocycles. The molecular formula is C14H15IN2O2. The fourth-order valence-electron chi connectivity index (χ4n) is 1.79. The van der Waals surface area contributed by atoms with Crippen molar-refractivity contribution in [2.45, 2.75) is 13.5 Å². The summed E-state index contributed by atoms with van der Waals surface area (Å²) in [6, 6.07) is 9.84. The Labute approximate surface area is 125 Å². The van der Waals surface area contributed by atoms with E-state index in [0.29, 0.717) is 12.2 Å². The van der Waals surface area contributed by atoms with Gasteiger partial charge < -0.3 is 15.0 Å². The molecule has 19 heavy (non-hydrogen) atoms. The molecule has 0 bridgehead atoms. The van der Waals surface area contributed by atoms with Crippen molar-refractivity contribution in [2.24, 2.45) is 0 Å². The number of aromatic amines is 1. The van der Waals surface area contributed by atoms with E-state index in [1.54, 1.807) is 6.07 Å². The number of nitrogens with one attached hydrogen (secondary N) is 2. The number of hydrogen-bond acceptors (Lipinski definition) is 3. The maximum absolute atomic E-state index is 11.3. The van der Waals surface area contributed by atoms with E-state index in [0.717, 1.165) is 11.4 Å². The van der Waals surface area contributed by atoms with Gasteiger partial charge in [-0.05, 0) is 65.4 Å². The molecule has 0 fully saturated rings. The number of aromatic nitrogens is 1. The van der Waals surface area contributed by atoms with Crippen molar-refractivity contribution < 1.29 is 9.53 Å². The number of ether oxygens (including phenoxy) is 1. The predicted molar refractivity (Wildman–Crippen MR) is 83.4 cm³/mol. The fourth-order valence-corrected chi connectivity index (χ4v) is 2.44. The molecule has 5 heteroatoms. The lowest BCUT2D eigenvalue weighted by molar-refractivity contribution is 0.0594. The Morgan fingerprint density at radius 1 is 1.37 bits per heavy atom. The number of anilines is 1. The largest absolute Gasteiger partial charge is 0.464 e. The van der Waals surface area contributed by atoms with E-state index in [2.05, 4.69) is 62.8 Å². The van der Waals surface area contributed by atoms with Crippen LogP contribution in [-0.2, 0) is 11.3 Å². The van der Waals surface area contributed by atoms with Gasteiger partial charge in [0, 0.05) is 15.0 Å². The molecule has 0 radical (unpaired) electrons. The Bertz CT molecular complexity index is 593. The highest BCUT2D eigenvalue weighted by molar-refractivity contribution is 14.1. The van der Waals surface area contributed by atoms with E-state index in [9.17, 15) is 4.79 Å².